The third kappa shape index (κ3) is 8.91. The fourth-order valence-corrected chi connectivity index (χ4v) is 4.57. The van der Waals surface area contributed by atoms with Gasteiger partial charge in [0.25, 0.3) is 5.91 Å². The molecule has 0 saturated heterocycles. The molecule has 210 valence electrons. The molecule has 0 fully saturated rings. The monoisotopic (exact) mass is 558 g/mol. The van der Waals surface area contributed by atoms with Gasteiger partial charge < -0.3 is 25.3 Å². The van der Waals surface area contributed by atoms with Crippen LogP contribution in [0.25, 0.3) is 0 Å². The van der Waals surface area contributed by atoms with E-state index in [-0.39, 0.29) is 24.6 Å². The van der Waals surface area contributed by atoms with Crippen LogP contribution in [-0.4, -0.2) is 59.9 Å². The Bertz CT molecular complexity index is 1330. The number of carbonyl (C=O) groups excluding carboxylic acids is 2. The number of amides is 2. The molecule has 1 aromatic heterocycles. The van der Waals surface area contributed by atoms with Crippen molar-refractivity contribution in [2.24, 2.45) is 11.8 Å². The second kappa shape index (κ2) is 13.4. The van der Waals surface area contributed by atoms with E-state index in [0.717, 1.165) is 23.6 Å². The van der Waals surface area contributed by atoms with Crippen molar-refractivity contribution >= 4 is 27.9 Å². The van der Waals surface area contributed by atoms with Crippen LogP contribution < -0.4 is 15.4 Å². The number of aromatic nitrogens is 1. The molecule has 0 bridgehead atoms. The lowest BCUT2D eigenvalue weighted by Gasteiger charge is -2.33. The highest BCUT2D eigenvalue weighted by molar-refractivity contribution is 7.91. The van der Waals surface area contributed by atoms with E-state index >= 15 is 0 Å². The number of nitrogens with one attached hydrogen (secondary N) is 3. The lowest BCUT2D eigenvalue weighted by atomic mass is 9.83. The highest BCUT2D eigenvalue weighted by Crippen LogP contribution is 2.22. The molecule has 2 aromatic carbocycles. The number of rotatable bonds is 13. The Morgan fingerprint density at radius 2 is 1.54 bits per heavy atom. The van der Waals surface area contributed by atoms with Gasteiger partial charge in [0.2, 0.25) is 15.9 Å². The normalized spacial score (nSPS) is 14.7. The molecule has 3 rings (SSSR count). The van der Waals surface area contributed by atoms with Crippen LogP contribution in [0.2, 0.25) is 0 Å². The Labute approximate surface area is 227 Å². The zero-order chi connectivity index (χ0) is 28.6. The molecule has 0 radical (unpaired) electrons. The number of carbonyl (C=O) groups is 2. The molecular weight excluding hydrogens is 524 g/mol. The van der Waals surface area contributed by atoms with E-state index in [9.17, 15) is 28.2 Å². The number of aliphatic hydroxyl groups is 2. The first-order chi connectivity index (χ1) is 18.4. The van der Waals surface area contributed by atoms with Crippen LogP contribution in [0.15, 0.2) is 71.3 Å². The van der Waals surface area contributed by atoms with Crippen LogP contribution in [0.5, 0.6) is 0 Å². The lowest BCUT2D eigenvalue weighted by molar-refractivity contribution is -0.135. The number of hydrogen-bond acceptors (Lipinski definition) is 8. The summed E-state index contributed by atoms with van der Waals surface area (Å²) in [6.45, 7) is 3.78. The minimum atomic E-state index is -3.68. The number of benzene rings is 2. The fraction of sp³-hybridized carbons (Fsp3) is 0.370. The molecule has 5 N–H and O–H groups in total. The SMILES string of the molecule is CC(C)C(C(=O)NCc1ccccc1)C(O)C(O)C(Cc1ccccc1)NC(=O)c1coc(NS(C)(=O)=O)n1. The molecule has 39 heavy (non-hydrogen) atoms. The summed E-state index contributed by atoms with van der Waals surface area (Å²) in [7, 11) is -3.68. The van der Waals surface area contributed by atoms with Gasteiger partial charge in [-0.2, -0.15) is 4.98 Å². The van der Waals surface area contributed by atoms with E-state index in [1.54, 1.807) is 38.1 Å². The Morgan fingerprint density at radius 3 is 2.10 bits per heavy atom. The standard InChI is InChI=1S/C27H34N4O7S/c1-17(2)22(26(35)28-15-19-12-8-5-9-13-19)24(33)23(32)20(14-18-10-6-4-7-11-18)29-25(34)21-16-38-27(30-21)31-39(3,36)37/h4-13,16-17,20,22-24,32-33H,14-15H2,1-3H3,(H,28,35)(H,29,34)(H,30,31). The van der Waals surface area contributed by atoms with Crippen LogP contribution in [0.1, 0.15) is 35.5 Å². The van der Waals surface area contributed by atoms with E-state index in [0.29, 0.717) is 0 Å². The summed E-state index contributed by atoms with van der Waals surface area (Å²) in [5.41, 5.74) is 1.42. The molecule has 1 heterocycles. The third-order valence-corrected chi connectivity index (χ3v) is 6.63. The van der Waals surface area contributed by atoms with Crippen molar-refractivity contribution in [2.45, 2.75) is 45.1 Å². The second-order valence-corrected chi connectivity index (χ2v) is 11.4. The van der Waals surface area contributed by atoms with Crippen molar-refractivity contribution in [2.75, 3.05) is 11.0 Å². The maximum Gasteiger partial charge on any atom is 0.309 e. The predicted octanol–water partition coefficient (Wildman–Crippen LogP) is 1.70. The zero-order valence-electron chi connectivity index (χ0n) is 21.9. The summed E-state index contributed by atoms with van der Waals surface area (Å²) in [6.07, 6.45) is -1.04. The average Bonchev–Trinajstić information content (AvgIpc) is 3.34. The van der Waals surface area contributed by atoms with E-state index in [2.05, 4.69) is 15.6 Å². The minimum absolute atomic E-state index is 0.132. The third-order valence-electron chi connectivity index (χ3n) is 6.09. The van der Waals surface area contributed by atoms with Crippen molar-refractivity contribution < 1.29 is 32.6 Å². The van der Waals surface area contributed by atoms with Crippen molar-refractivity contribution in [3.05, 3.63) is 83.7 Å². The van der Waals surface area contributed by atoms with E-state index in [4.69, 9.17) is 4.42 Å². The summed E-state index contributed by atoms with van der Waals surface area (Å²) >= 11 is 0. The summed E-state index contributed by atoms with van der Waals surface area (Å²) < 4.78 is 29.9. The molecule has 12 heteroatoms. The highest BCUT2D eigenvalue weighted by atomic mass is 32.2. The summed E-state index contributed by atoms with van der Waals surface area (Å²) in [4.78, 5) is 29.9. The van der Waals surface area contributed by atoms with Gasteiger partial charge in [0.15, 0.2) is 5.69 Å². The van der Waals surface area contributed by atoms with Crippen molar-refractivity contribution in [3.8, 4) is 0 Å². The van der Waals surface area contributed by atoms with Crippen molar-refractivity contribution in [1.29, 1.82) is 0 Å². The van der Waals surface area contributed by atoms with Gasteiger partial charge in [0.1, 0.15) is 12.4 Å². The van der Waals surface area contributed by atoms with Crippen LogP contribution in [0, 0.1) is 11.8 Å². The second-order valence-electron chi connectivity index (χ2n) is 9.64. The first-order valence-electron chi connectivity index (χ1n) is 12.4. The number of oxazole rings is 1. The molecule has 4 unspecified atom stereocenters. The molecule has 3 aromatic rings. The van der Waals surface area contributed by atoms with Gasteiger partial charge in [0, 0.05) is 6.54 Å². The van der Waals surface area contributed by atoms with Crippen LogP contribution >= 0.6 is 0 Å². The van der Waals surface area contributed by atoms with Gasteiger partial charge in [-0.3, -0.25) is 9.59 Å². The summed E-state index contributed by atoms with van der Waals surface area (Å²) in [6, 6.07) is 16.9. The summed E-state index contributed by atoms with van der Waals surface area (Å²) in [5, 5.41) is 27.9. The molecule has 11 nitrogen and oxygen atoms in total. The Morgan fingerprint density at radius 1 is 0.949 bits per heavy atom. The van der Waals surface area contributed by atoms with Crippen molar-refractivity contribution in [3.63, 3.8) is 0 Å². The number of hydrogen-bond donors (Lipinski definition) is 5. The molecular formula is C27H34N4O7S. The predicted molar refractivity (Wildman–Crippen MR) is 145 cm³/mol. The molecule has 0 saturated carbocycles. The van der Waals surface area contributed by atoms with Gasteiger partial charge in [0.05, 0.1) is 24.3 Å². The Kier molecular flexibility index (Phi) is 10.2. The van der Waals surface area contributed by atoms with E-state index in [1.165, 1.54) is 0 Å². The maximum atomic E-state index is 13.1. The van der Waals surface area contributed by atoms with Gasteiger partial charge in [-0.25, -0.2) is 13.1 Å². The average molecular weight is 559 g/mol. The minimum Gasteiger partial charge on any atom is -0.431 e. The van der Waals surface area contributed by atoms with Gasteiger partial charge >= 0.3 is 6.01 Å². The number of anilines is 1. The Balaban J connectivity index is 1.79. The lowest BCUT2D eigenvalue weighted by Crippen LogP contribution is -2.55. The smallest absolute Gasteiger partial charge is 0.309 e. The quantitative estimate of drug-likeness (QED) is 0.211. The molecule has 2 amide bonds. The number of aliphatic hydroxyl groups excluding tert-OH is 2. The van der Waals surface area contributed by atoms with E-state index in [1.807, 2.05) is 41.1 Å². The fourth-order valence-electron chi connectivity index (χ4n) is 4.16. The van der Waals surface area contributed by atoms with Crippen LogP contribution in [0.3, 0.4) is 0 Å². The molecule has 0 aliphatic carbocycles. The van der Waals surface area contributed by atoms with Gasteiger partial charge in [-0.05, 0) is 23.5 Å². The molecule has 0 aliphatic heterocycles. The molecule has 0 aliphatic rings. The largest absolute Gasteiger partial charge is 0.431 e. The zero-order valence-corrected chi connectivity index (χ0v) is 22.8. The number of nitrogens with zero attached hydrogens (tertiary/aromatic N) is 1. The topological polar surface area (TPSA) is 171 Å². The number of sulfonamides is 1. The highest BCUT2D eigenvalue weighted by Gasteiger charge is 2.38. The Hall–Kier alpha value is -3.74. The maximum absolute atomic E-state index is 13.1. The first-order valence-corrected chi connectivity index (χ1v) is 14.3. The van der Waals surface area contributed by atoms with Crippen LogP contribution in [0.4, 0.5) is 6.01 Å². The van der Waals surface area contributed by atoms with Gasteiger partial charge in [-0.15, -0.1) is 0 Å². The van der Waals surface area contributed by atoms with Crippen molar-refractivity contribution in [1.82, 2.24) is 15.6 Å². The summed E-state index contributed by atoms with van der Waals surface area (Å²) in [5.74, 6) is -2.50. The first kappa shape index (κ1) is 29.8. The van der Waals surface area contributed by atoms with E-state index < -0.39 is 52.0 Å². The molecule has 0 spiro atoms. The molecule has 4 atom stereocenters. The van der Waals surface area contributed by atoms with Gasteiger partial charge in [-0.1, -0.05) is 74.5 Å². The van der Waals surface area contributed by atoms with Crippen LogP contribution in [-0.2, 0) is 27.8 Å².